The summed E-state index contributed by atoms with van der Waals surface area (Å²) >= 11 is 0. The van der Waals surface area contributed by atoms with E-state index < -0.39 is 5.60 Å². The minimum atomic E-state index is -0.805. The van der Waals surface area contributed by atoms with Gasteiger partial charge in [0.15, 0.2) is 5.78 Å². The van der Waals surface area contributed by atoms with Crippen molar-refractivity contribution in [2.75, 3.05) is 0 Å². The second-order valence-corrected chi connectivity index (χ2v) is 14.7. The summed E-state index contributed by atoms with van der Waals surface area (Å²) in [6.45, 7) is 19.1. The molecule has 5 aliphatic rings. The Morgan fingerprint density at radius 3 is 2.16 bits per heavy atom. The van der Waals surface area contributed by atoms with Crippen LogP contribution in [0.4, 0.5) is 0 Å². The van der Waals surface area contributed by atoms with Crippen molar-refractivity contribution in [3.63, 3.8) is 0 Å². The van der Waals surface area contributed by atoms with Crippen LogP contribution in [-0.4, -0.2) is 16.5 Å². The Hall–Kier alpha value is -0.630. The van der Waals surface area contributed by atoms with Gasteiger partial charge in [-0.15, -0.1) is 0 Å². The largest absolute Gasteiger partial charge is 0.385 e. The first kappa shape index (κ1) is 23.1. The molecule has 0 radical (unpaired) electrons. The monoisotopic (exact) mass is 440 g/mol. The van der Waals surface area contributed by atoms with Gasteiger partial charge >= 0.3 is 0 Å². The highest BCUT2D eigenvalue weighted by molar-refractivity contribution is 5.98. The van der Waals surface area contributed by atoms with Crippen molar-refractivity contribution >= 4 is 5.78 Å². The summed E-state index contributed by atoms with van der Waals surface area (Å²) in [4.78, 5) is 14.2. The summed E-state index contributed by atoms with van der Waals surface area (Å²) in [5.41, 5.74) is 0.734. The molecule has 5 rings (SSSR count). The van der Waals surface area contributed by atoms with E-state index in [2.05, 4.69) is 55.4 Å². The van der Waals surface area contributed by atoms with E-state index in [9.17, 15) is 9.90 Å². The molecule has 0 aromatic heterocycles. The summed E-state index contributed by atoms with van der Waals surface area (Å²) in [5.74, 6) is 2.24. The molecule has 0 saturated heterocycles. The second kappa shape index (κ2) is 6.52. The summed E-state index contributed by atoms with van der Waals surface area (Å²) in [7, 11) is 0. The van der Waals surface area contributed by atoms with Gasteiger partial charge in [-0.1, -0.05) is 61.8 Å². The first-order valence-electron chi connectivity index (χ1n) is 13.7. The summed E-state index contributed by atoms with van der Waals surface area (Å²) < 4.78 is 0. The highest BCUT2D eigenvalue weighted by atomic mass is 16.3. The summed E-state index contributed by atoms with van der Waals surface area (Å²) in [6.07, 6.45) is 12.7. The van der Waals surface area contributed by atoms with Crippen LogP contribution >= 0.6 is 0 Å². The van der Waals surface area contributed by atoms with E-state index in [1.807, 2.05) is 6.08 Å². The predicted octanol–water partition coefficient (Wildman–Crippen LogP) is 7.35. The average molecular weight is 441 g/mol. The highest BCUT2D eigenvalue weighted by Gasteiger charge is 2.72. The van der Waals surface area contributed by atoms with Crippen LogP contribution in [0.15, 0.2) is 11.6 Å². The van der Waals surface area contributed by atoms with E-state index in [0.29, 0.717) is 28.4 Å². The topological polar surface area (TPSA) is 37.3 Å². The van der Waals surface area contributed by atoms with Crippen molar-refractivity contribution in [1.29, 1.82) is 0 Å². The van der Waals surface area contributed by atoms with Gasteiger partial charge in [0, 0.05) is 5.41 Å². The summed E-state index contributed by atoms with van der Waals surface area (Å²) in [6, 6.07) is 0. The predicted molar refractivity (Wildman–Crippen MR) is 131 cm³/mol. The van der Waals surface area contributed by atoms with Crippen molar-refractivity contribution < 1.29 is 9.90 Å². The first-order valence-corrected chi connectivity index (χ1v) is 13.7. The van der Waals surface area contributed by atoms with E-state index in [1.165, 1.54) is 38.5 Å². The van der Waals surface area contributed by atoms with Gasteiger partial charge in [0.25, 0.3) is 0 Å². The Balaban J connectivity index is 1.62. The summed E-state index contributed by atoms with van der Waals surface area (Å²) in [5, 5.41) is 11.7. The van der Waals surface area contributed by atoms with Crippen molar-refractivity contribution in [2.45, 2.75) is 119 Å². The van der Waals surface area contributed by atoms with Gasteiger partial charge in [0.1, 0.15) is 0 Å². The zero-order chi connectivity index (χ0) is 23.5. The molecule has 0 unspecified atom stereocenters. The van der Waals surface area contributed by atoms with Crippen LogP contribution in [0.1, 0.15) is 113 Å². The normalized spacial score (nSPS) is 54.4. The molecule has 4 fully saturated rings. The molecule has 8 atom stereocenters. The minimum absolute atomic E-state index is 0.0424. The molecular formula is C30H48O2. The van der Waals surface area contributed by atoms with Crippen molar-refractivity contribution in [3.8, 4) is 0 Å². The third kappa shape index (κ3) is 2.44. The van der Waals surface area contributed by atoms with Crippen LogP contribution in [0.3, 0.4) is 0 Å². The van der Waals surface area contributed by atoms with E-state index >= 15 is 0 Å². The standard InChI is InChI=1S/C30H48O2/c1-19(2)30(32)17-16-27(6)22-11-10-21-26(5)14-9-13-25(3,4)20(26)12-15-28(21,7)29(22,8)24(31)18-23(27)30/h18-22,32H,9-17H2,1-8H3/t20-,21+,22+,26-,27+,28+,29-,30-/m0/s1. The van der Waals surface area contributed by atoms with Gasteiger partial charge in [-0.2, -0.15) is 0 Å². The van der Waals surface area contributed by atoms with Crippen LogP contribution in [0.5, 0.6) is 0 Å². The molecule has 0 aliphatic heterocycles. The number of hydrogen-bond donors (Lipinski definition) is 1. The molecule has 0 bridgehead atoms. The fraction of sp³-hybridized carbons (Fsp3) is 0.900. The molecule has 5 aliphatic carbocycles. The highest BCUT2D eigenvalue weighted by Crippen LogP contribution is 2.76. The number of rotatable bonds is 1. The quantitative estimate of drug-likeness (QED) is 0.463. The van der Waals surface area contributed by atoms with E-state index in [4.69, 9.17) is 0 Å². The number of carbonyl (C=O) groups is 1. The third-order valence-corrected chi connectivity index (χ3v) is 13.0. The molecule has 0 heterocycles. The number of ketones is 1. The fourth-order valence-corrected chi connectivity index (χ4v) is 11.1. The van der Waals surface area contributed by atoms with Gasteiger partial charge in [0.2, 0.25) is 0 Å². The molecule has 0 aromatic carbocycles. The molecule has 0 spiro atoms. The SMILES string of the molecule is CC(C)[C@@]1(O)CC[C@@]2(C)C1=CC(=O)[C@]1(C)[C@@H]2CC[C@@H]2[C@@]3(C)CCCC(C)(C)[C@@H]3CC[C@]21C. The Kier molecular flexibility index (Phi) is 4.71. The Bertz CT molecular complexity index is 868. The van der Waals surface area contributed by atoms with Crippen LogP contribution in [0.2, 0.25) is 0 Å². The lowest BCUT2D eigenvalue weighted by atomic mass is 9.32. The van der Waals surface area contributed by atoms with E-state index in [1.54, 1.807) is 0 Å². The average Bonchev–Trinajstić information content (AvgIpc) is 2.95. The molecule has 32 heavy (non-hydrogen) atoms. The second-order valence-electron chi connectivity index (χ2n) is 14.7. The molecule has 2 nitrogen and oxygen atoms in total. The lowest BCUT2D eigenvalue weighted by Gasteiger charge is -2.71. The van der Waals surface area contributed by atoms with Gasteiger partial charge in [-0.3, -0.25) is 4.79 Å². The maximum Gasteiger partial charge on any atom is 0.162 e. The minimum Gasteiger partial charge on any atom is -0.385 e. The lowest BCUT2D eigenvalue weighted by Crippen LogP contribution is -2.67. The lowest BCUT2D eigenvalue weighted by molar-refractivity contribution is -0.216. The molecule has 0 aromatic rings. The van der Waals surface area contributed by atoms with E-state index in [-0.39, 0.29) is 22.2 Å². The fourth-order valence-electron chi connectivity index (χ4n) is 11.1. The van der Waals surface area contributed by atoms with Crippen LogP contribution in [0.25, 0.3) is 0 Å². The zero-order valence-corrected chi connectivity index (χ0v) is 22.1. The van der Waals surface area contributed by atoms with Crippen molar-refractivity contribution in [2.24, 2.45) is 50.7 Å². The number of aliphatic hydroxyl groups is 1. The Labute approximate surface area is 197 Å². The van der Waals surface area contributed by atoms with Gasteiger partial charge in [-0.25, -0.2) is 0 Å². The van der Waals surface area contributed by atoms with Crippen molar-refractivity contribution in [1.82, 2.24) is 0 Å². The van der Waals surface area contributed by atoms with Crippen LogP contribution in [-0.2, 0) is 4.79 Å². The first-order chi connectivity index (χ1) is 14.7. The maximum absolute atomic E-state index is 14.2. The molecule has 2 heteroatoms. The molecule has 4 saturated carbocycles. The zero-order valence-electron chi connectivity index (χ0n) is 22.1. The van der Waals surface area contributed by atoms with E-state index in [0.717, 1.165) is 30.8 Å². The van der Waals surface area contributed by atoms with Crippen molar-refractivity contribution in [3.05, 3.63) is 11.6 Å². The van der Waals surface area contributed by atoms with Crippen LogP contribution < -0.4 is 0 Å². The van der Waals surface area contributed by atoms with Gasteiger partial charge < -0.3 is 5.11 Å². The molecular weight excluding hydrogens is 392 g/mol. The van der Waals surface area contributed by atoms with Gasteiger partial charge in [-0.05, 0) is 108 Å². The molecule has 0 amide bonds. The number of fused-ring (bicyclic) bond motifs is 7. The van der Waals surface area contributed by atoms with Crippen LogP contribution in [0, 0.1) is 50.7 Å². The molecule has 1 N–H and O–H groups in total. The Morgan fingerprint density at radius 2 is 1.50 bits per heavy atom. The van der Waals surface area contributed by atoms with Gasteiger partial charge in [0.05, 0.1) is 5.60 Å². The molecule has 180 valence electrons. The maximum atomic E-state index is 14.2. The number of carbonyl (C=O) groups excluding carboxylic acids is 1. The number of hydrogen-bond acceptors (Lipinski definition) is 2. The number of allylic oxidation sites excluding steroid dienone is 1. The third-order valence-electron chi connectivity index (χ3n) is 13.0. The Morgan fingerprint density at radius 1 is 0.844 bits per heavy atom. The smallest absolute Gasteiger partial charge is 0.162 e.